The van der Waals surface area contributed by atoms with Gasteiger partial charge in [0.25, 0.3) is 0 Å². The van der Waals surface area contributed by atoms with E-state index in [-0.39, 0.29) is 12.1 Å². The second-order valence-corrected chi connectivity index (χ2v) is 6.02. The molecule has 0 aromatic carbocycles. The highest BCUT2D eigenvalue weighted by Gasteiger charge is 2.32. The van der Waals surface area contributed by atoms with Gasteiger partial charge in [-0.3, -0.25) is 0 Å². The summed E-state index contributed by atoms with van der Waals surface area (Å²) < 4.78 is 5.55. The van der Waals surface area contributed by atoms with Crippen LogP contribution in [0, 0.1) is 11.8 Å². The van der Waals surface area contributed by atoms with Crippen molar-refractivity contribution in [1.29, 1.82) is 0 Å². The minimum atomic E-state index is -0.0340. The lowest BCUT2D eigenvalue weighted by Gasteiger charge is -2.39. The van der Waals surface area contributed by atoms with E-state index in [0.717, 1.165) is 38.5 Å². The molecule has 0 aliphatic heterocycles. The Balaban J connectivity index is 2.18. The zero-order valence-corrected chi connectivity index (χ0v) is 11.7. The van der Waals surface area contributed by atoms with Crippen LogP contribution in [0.15, 0.2) is 0 Å². The molecule has 1 aliphatic carbocycles. The first-order valence-electron chi connectivity index (χ1n) is 7.01. The minimum absolute atomic E-state index is 0.0340. The Morgan fingerprint density at radius 1 is 1.35 bits per heavy atom. The molecule has 102 valence electrons. The molecule has 0 spiro atoms. The van der Waals surface area contributed by atoms with Gasteiger partial charge in [-0.15, -0.1) is 0 Å². The summed E-state index contributed by atoms with van der Waals surface area (Å²) in [5.41, 5.74) is -0.0340. The molecule has 0 saturated heterocycles. The Kier molecular flexibility index (Phi) is 6.45. The van der Waals surface area contributed by atoms with Gasteiger partial charge in [-0.1, -0.05) is 20.8 Å². The van der Waals surface area contributed by atoms with Crippen molar-refractivity contribution in [3.63, 3.8) is 0 Å². The first-order valence-corrected chi connectivity index (χ1v) is 7.01. The molecule has 0 atom stereocenters. The van der Waals surface area contributed by atoms with Crippen LogP contribution in [0.3, 0.4) is 0 Å². The molecular formula is C14H29NO2. The minimum Gasteiger partial charge on any atom is -0.394 e. The Morgan fingerprint density at radius 3 is 2.53 bits per heavy atom. The van der Waals surface area contributed by atoms with Crippen molar-refractivity contribution < 1.29 is 9.84 Å². The Hall–Kier alpha value is -0.120. The molecular weight excluding hydrogens is 214 g/mol. The molecule has 0 heterocycles. The van der Waals surface area contributed by atoms with Crippen LogP contribution in [0.5, 0.6) is 0 Å². The zero-order valence-electron chi connectivity index (χ0n) is 11.7. The van der Waals surface area contributed by atoms with E-state index >= 15 is 0 Å². The van der Waals surface area contributed by atoms with Crippen molar-refractivity contribution in [2.45, 2.75) is 52.0 Å². The second-order valence-electron chi connectivity index (χ2n) is 6.02. The van der Waals surface area contributed by atoms with Gasteiger partial charge < -0.3 is 15.2 Å². The SMILES string of the molecule is CC(C)COCCNC1(CO)CCC(C)CC1. The summed E-state index contributed by atoms with van der Waals surface area (Å²) in [6.07, 6.45) is 4.63. The lowest BCUT2D eigenvalue weighted by molar-refractivity contribution is 0.0761. The number of ether oxygens (including phenoxy) is 1. The van der Waals surface area contributed by atoms with E-state index in [1.54, 1.807) is 0 Å². The summed E-state index contributed by atoms with van der Waals surface area (Å²) in [5.74, 6) is 1.41. The van der Waals surface area contributed by atoms with Gasteiger partial charge in [0.05, 0.1) is 13.2 Å². The predicted molar refractivity (Wildman–Crippen MR) is 71.1 cm³/mol. The van der Waals surface area contributed by atoms with Crippen molar-refractivity contribution in [3.8, 4) is 0 Å². The molecule has 0 aromatic heterocycles. The lowest BCUT2D eigenvalue weighted by atomic mass is 9.77. The number of aliphatic hydroxyl groups is 1. The van der Waals surface area contributed by atoms with E-state index < -0.39 is 0 Å². The van der Waals surface area contributed by atoms with Crippen LogP contribution in [0.2, 0.25) is 0 Å². The van der Waals surface area contributed by atoms with Crippen molar-refractivity contribution in [2.24, 2.45) is 11.8 Å². The average molecular weight is 243 g/mol. The third kappa shape index (κ3) is 5.36. The first kappa shape index (κ1) is 14.9. The van der Waals surface area contributed by atoms with E-state index in [1.165, 1.54) is 12.8 Å². The fourth-order valence-electron chi connectivity index (χ4n) is 2.41. The van der Waals surface area contributed by atoms with Crippen LogP contribution in [-0.4, -0.2) is 37.0 Å². The zero-order chi connectivity index (χ0) is 12.7. The maximum Gasteiger partial charge on any atom is 0.0613 e. The van der Waals surface area contributed by atoms with E-state index in [4.69, 9.17) is 4.74 Å². The van der Waals surface area contributed by atoms with Crippen molar-refractivity contribution in [1.82, 2.24) is 5.32 Å². The van der Waals surface area contributed by atoms with Crippen molar-refractivity contribution >= 4 is 0 Å². The third-order valence-corrected chi connectivity index (χ3v) is 3.73. The van der Waals surface area contributed by atoms with Gasteiger partial charge in [0, 0.05) is 18.7 Å². The molecule has 3 heteroatoms. The molecule has 0 aromatic rings. The van der Waals surface area contributed by atoms with Crippen LogP contribution in [-0.2, 0) is 4.74 Å². The van der Waals surface area contributed by atoms with Crippen LogP contribution >= 0.6 is 0 Å². The van der Waals surface area contributed by atoms with E-state index in [9.17, 15) is 5.11 Å². The lowest BCUT2D eigenvalue weighted by Crippen LogP contribution is -2.51. The molecule has 1 aliphatic rings. The Labute approximate surface area is 106 Å². The highest BCUT2D eigenvalue weighted by atomic mass is 16.5. The normalized spacial score (nSPS) is 29.8. The number of aliphatic hydroxyl groups excluding tert-OH is 1. The maximum atomic E-state index is 9.57. The predicted octanol–water partition coefficient (Wildman–Crippen LogP) is 2.19. The second kappa shape index (κ2) is 7.34. The van der Waals surface area contributed by atoms with Gasteiger partial charge >= 0.3 is 0 Å². The molecule has 3 nitrogen and oxygen atoms in total. The monoisotopic (exact) mass is 243 g/mol. The van der Waals surface area contributed by atoms with Crippen LogP contribution in [0.1, 0.15) is 46.5 Å². The highest BCUT2D eigenvalue weighted by Crippen LogP contribution is 2.31. The molecule has 0 amide bonds. The van der Waals surface area contributed by atoms with Crippen molar-refractivity contribution in [2.75, 3.05) is 26.4 Å². The summed E-state index contributed by atoms with van der Waals surface area (Å²) in [6.45, 7) is 9.29. The average Bonchev–Trinajstić information content (AvgIpc) is 2.31. The first-order chi connectivity index (χ1) is 8.08. The largest absolute Gasteiger partial charge is 0.394 e. The Morgan fingerprint density at radius 2 is 2.00 bits per heavy atom. The van der Waals surface area contributed by atoms with Gasteiger partial charge in [0.1, 0.15) is 0 Å². The molecule has 0 unspecified atom stereocenters. The van der Waals surface area contributed by atoms with E-state index in [0.29, 0.717) is 5.92 Å². The van der Waals surface area contributed by atoms with Crippen LogP contribution < -0.4 is 5.32 Å². The highest BCUT2D eigenvalue weighted by molar-refractivity contribution is 4.91. The molecule has 1 rings (SSSR count). The van der Waals surface area contributed by atoms with Gasteiger partial charge in [-0.25, -0.2) is 0 Å². The standard InChI is InChI=1S/C14H29NO2/c1-12(2)10-17-9-8-15-14(11-16)6-4-13(3)5-7-14/h12-13,15-16H,4-11H2,1-3H3. The summed E-state index contributed by atoms with van der Waals surface area (Å²) in [6, 6.07) is 0. The summed E-state index contributed by atoms with van der Waals surface area (Å²) in [4.78, 5) is 0. The maximum absolute atomic E-state index is 9.57. The quantitative estimate of drug-likeness (QED) is 0.674. The number of nitrogens with one attached hydrogen (secondary N) is 1. The van der Waals surface area contributed by atoms with Crippen molar-refractivity contribution in [3.05, 3.63) is 0 Å². The molecule has 1 saturated carbocycles. The van der Waals surface area contributed by atoms with Gasteiger partial charge in [0.15, 0.2) is 0 Å². The smallest absolute Gasteiger partial charge is 0.0613 e. The molecule has 1 fully saturated rings. The van der Waals surface area contributed by atoms with Crippen LogP contribution in [0.4, 0.5) is 0 Å². The fourth-order valence-corrected chi connectivity index (χ4v) is 2.41. The fraction of sp³-hybridized carbons (Fsp3) is 1.00. The van der Waals surface area contributed by atoms with E-state index in [2.05, 4.69) is 26.1 Å². The topological polar surface area (TPSA) is 41.5 Å². The summed E-state index contributed by atoms with van der Waals surface area (Å²) in [5, 5.41) is 13.1. The van der Waals surface area contributed by atoms with Crippen LogP contribution in [0.25, 0.3) is 0 Å². The van der Waals surface area contributed by atoms with Gasteiger partial charge in [-0.2, -0.15) is 0 Å². The van der Waals surface area contributed by atoms with Gasteiger partial charge in [-0.05, 0) is 37.5 Å². The number of rotatable bonds is 7. The molecule has 17 heavy (non-hydrogen) atoms. The molecule has 0 radical (unpaired) electrons. The summed E-state index contributed by atoms with van der Waals surface area (Å²) >= 11 is 0. The number of hydrogen-bond acceptors (Lipinski definition) is 3. The Bertz CT molecular complexity index is 198. The molecule has 2 N–H and O–H groups in total. The third-order valence-electron chi connectivity index (χ3n) is 3.73. The van der Waals surface area contributed by atoms with E-state index in [1.807, 2.05) is 0 Å². The van der Waals surface area contributed by atoms with Gasteiger partial charge in [0.2, 0.25) is 0 Å². The number of hydrogen-bond donors (Lipinski definition) is 2. The summed E-state index contributed by atoms with van der Waals surface area (Å²) in [7, 11) is 0. The molecule has 0 bridgehead atoms.